The maximum atomic E-state index is 4.80. The van der Waals surface area contributed by atoms with Crippen LogP contribution in [-0.2, 0) is 6.42 Å². The first-order chi connectivity index (χ1) is 13.2. The van der Waals surface area contributed by atoms with Crippen LogP contribution in [0.1, 0.15) is 22.4 Å². The van der Waals surface area contributed by atoms with Gasteiger partial charge in [0.15, 0.2) is 0 Å². The second kappa shape index (κ2) is 7.55. The van der Waals surface area contributed by atoms with Crippen molar-refractivity contribution in [3.05, 3.63) is 107 Å². The minimum absolute atomic E-state index is 0.884. The molecule has 132 valence electrons. The number of nitrogens with zero attached hydrogens (tertiary/aromatic N) is 2. The summed E-state index contributed by atoms with van der Waals surface area (Å²) in [6.45, 7) is 4.18. The molecule has 27 heavy (non-hydrogen) atoms. The summed E-state index contributed by atoms with van der Waals surface area (Å²) < 4.78 is 0. The third-order valence-corrected chi connectivity index (χ3v) is 4.82. The number of hydrogen-bond acceptors (Lipinski definition) is 2. The summed E-state index contributed by atoms with van der Waals surface area (Å²) in [5.41, 5.74) is 9.20. The number of benzene rings is 2. The molecule has 2 aromatic carbocycles. The van der Waals surface area contributed by atoms with E-state index in [1.165, 1.54) is 16.7 Å². The second-order valence-corrected chi connectivity index (χ2v) is 6.90. The van der Waals surface area contributed by atoms with Gasteiger partial charge in [-0.2, -0.15) is 0 Å². The first-order valence-corrected chi connectivity index (χ1v) is 9.23. The molecule has 0 aliphatic carbocycles. The van der Waals surface area contributed by atoms with Gasteiger partial charge in [0.25, 0.3) is 0 Å². The number of rotatable bonds is 4. The molecule has 0 fully saturated rings. The minimum Gasteiger partial charge on any atom is -0.256 e. The number of aromatic nitrogens is 2. The molecule has 2 heterocycles. The number of hydrogen-bond donors (Lipinski definition) is 0. The van der Waals surface area contributed by atoms with E-state index in [0.717, 1.165) is 34.6 Å². The lowest BCUT2D eigenvalue weighted by Gasteiger charge is -2.09. The lowest BCUT2D eigenvalue weighted by Crippen LogP contribution is -1.96. The summed E-state index contributed by atoms with van der Waals surface area (Å²) in [4.78, 5) is 9.27. The summed E-state index contributed by atoms with van der Waals surface area (Å²) >= 11 is 0. The molecule has 0 saturated carbocycles. The van der Waals surface area contributed by atoms with E-state index in [1.807, 2.05) is 30.5 Å². The van der Waals surface area contributed by atoms with Crippen LogP contribution in [-0.4, -0.2) is 9.97 Å². The van der Waals surface area contributed by atoms with Crippen molar-refractivity contribution >= 4 is 0 Å². The Morgan fingerprint density at radius 3 is 2.15 bits per heavy atom. The molecular formula is C25H22N2. The minimum atomic E-state index is 0.884. The van der Waals surface area contributed by atoms with E-state index in [4.69, 9.17) is 4.98 Å². The Bertz CT molecular complexity index is 1050. The van der Waals surface area contributed by atoms with E-state index in [-0.39, 0.29) is 0 Å². The Kier molecular flexibility index (Phi) is 4.80. The van der Waals surface area contributed by atoms with Crippen LogP contribution in [0.4, 0.5) is 0 Å². The van der Waals surface area contributed by atoms with E-state index in [0.29, 0.717) is 0 Å². The highest BCUT2D eigenvalue weighted by molar-refractivity contribution is 5.61. The standard InChI is InChI=1S/C25H22N2/c1-18-14-15-26-25(16-18)22-10-8-20(9-11-22)17-23-12-13-24(27-19(23)2)21-6-4-3-5-7-21/h3-16H,17H2,1-2H3. The molecular weight excluding hydrogens is 328 g/mol. The van der Waals surface area contributed by atoms with Gasteiger partial charge in [0.2, 0.25) is 0 Å². The van der Waals surface area contributed by atoms with Gasteiger partial charge in [0, 0.05) is 23.0 Å². The van der Waals surface area contributed by atoms with Gasteiger partial charge in [-0.25, -0.2) is 0 Å². The van der Waals surface area contributed by atoms with Crippen molar-refractivity contribution in [2.75, 3.05) is 0 Å². The summed E-state index contributed by atoms with van der Waals surface area (Å²) in [6.07, 6.45) is 2.75. The van der Waals surface area contributed by atoms with Gasteiger partial charge in [-0.15, -0.1) is 0 Å². The zero-order valence-electron chi connectivity index (χ0n) is 15.7. The molecule has 0 atom stereocenters. The summed E-state index contributed by atoms with van der Waals surface area (Å²) in [6, 6.07) is 27.4. The van der Waals surface area contributed by atoms with Crippen molar-refractivity contribution in [3.63, 3.8) is 0 Å². The first-order valence-electron chi connectivity index (χ1n) is 9.23. The predicted octanol–water partition coefficient (Wildman–Crippen LogP) is 6.02. The zero-order valence-corrected chi connectivity index (χ0v) is 15.7. The summed E-state index contributed by atoms with van der Waals surface area (Å²) in [5.74, 6) is 0. The molecule has 4 aromatic rings. The van der Waals surface area contributed by atoms with Gasteiger partial charge >= 0.3 is 0 Å². The topological polar surface area (TPSA) is 25.8 Å². The molecule has 2 nitrogen and oxygen atoms in total. The molecule has 0 radical (unpaired) electrons. The highest BCUT2D eigenvalue weighted by Crippen LogP contribution is 2.22. The quantitative estimate of drug-likeness (QED) is 0.450. The fraction of sp³-hybridized carbons (Fsp3) is 0.120. The molecule has 0 spiro atoms. The second-order valence-electron chi connectivity index (χ2n) is 6.90. The molecule has 0 N–H and O–H groups in total. The smallest absolute Gasteiger partial charge is 0.0705 e. The fourth-order valence-electron chi connectivity index (χ4n) is 3.25. The largest absolute Gasteiger partial charge is 0.256 e. The Morgan fingerprint density at radius 1 is 0.704 bits per heavy atom. The van der Waals surface area contributed by atoms with Crippen molar-refractivity contribution in [3.8, 4) is 22.5 Å². The van der Waals surface area contributed by atoms with Crippen LogP contribution in [0.5, 0.6) is 0 Å². The van der Waals surface area contributed by atoms with Gasteiger partial charge in [-0.05, 0) is 55.2 Å². The van der Waals surface area contributed by atoms with Crippen LogP contribution < -0.4 is 0 Å². The molecule has 0 amide bonds. The van der Waals surface area contributed by atoms with Crippen LogP contribution in [0, 0.1) is 13.8 Å². The summed E-state index contributed by atoms with van der Waals surface area (Å²) in [7, 11) is 0. The normalized spacial score (nSPS) is 10.7. The lowest BCUT2D eigenvalue weighted by atomic mass is 10.0. The van der Waals surface area contributed by atoms with Crippen LogP contribution in [0.2, 0.25) is 0 Å². The van der Waals surface area contributed by atoms with Crippen molar-refractivity contribution in [1.82, 2.24) is 9.97 Å². The molecule has 2 aromatic heterocycles. The highest BCUT2D eigenvalue weighted by atomic mass is 14.7. The maximum Gasteiger partial charge on any atom is 0.0705 e. The van der Waals surface area contributed by atoms with Gasteiger partial charge in [-0.1, -0.05) is 60.7 Å². The first kappa shape index (κ1) is 17.2. The van der Waals surface area contributed by atoms with Crippen LogP contribution in [0.15, 0.2) is 85.1 Å². The van der Waals surface area contributed by atoms with E-state index < -0.39 is 0 Å². The molecule has 0 saturated heterocycles. The van der Waals surface area contributed by atoms with E-state index in [2.05, 4.69) is 73.4 Å². The Balaban J connectivity index is 1.54. The predicted molar refractivity (Wildman–Crippen MR) is 112 cm³/mol. The SMILES string of the molecule is Cc1ccnc(-c2ccc(Cc3ccc(-c4ccccc4)nc3C)cc2)c1. The van der Waals surface area contributed by atoms with Crippen molar-refractivity contribution in [1.29, 1.82) is 0 Å². The number of aryl methyl sites for hydroxylation is 2. The number of pyridine rings is 2. The van der Waals surface area contributed by atoms with E-state index in [9.17, 15) is 0 Å². The fourth-order valence-corrected chi connectivity index (χ4v) is 3.25. The average molecular weight is 350 g/mol. The van der Waals surface area contributed by atoms with Crippen LogP contribution in [0.3, 0.4) is 0 Å². The van der Waals surface area contributed by atoms with Crippen molar-refractivity contribution < 1.29 is 0 Å². The molecule has 0 bridgehead atoms. The van der Waals surface area contributed by atoms with Gasteiger partial charge in [0.1, 0.15) is 0 Å². The van der Waals surface area contributed by atoms with Crippen molar-refractivity contribution in [2.45, 2.75) is 20.3 Å². The maximum absolute atomic E-state index is 4.80. The molecule has 0 aliphatic rings. The summed E-state index contributed by atoms with van der Waals surface area (Å²) in [5, 5.41) is 0. The molecule has 2 heteroatoms. The third kappa shape index (κ3) is 3.95. The van der Waals surface area contributed by atoms with Crippen LogP contribution >= 0.6 is 0 Å². The molecule has 4 rings (SSSR count). The van der Waals surface area contributed by atoms with Gasteiger partial charge in [0.05, 0.1) is 11.4 Å². The van der Waals surface area contributed by atoms with E-state index >= 15 is 0 Å². The average Bonchev–Trinajstić information content (AvgIpc) is 2.71. The Morgan fingerprint density at radius 2 is 1.44 bits per heavy atom. The Hall–Kier alpha value is -3.26. The van der Waals surface area contributed by atoms with Crippen LogP contribution in [0.25, 0.3) is 22.5 Å². The molecule has 0 unspecified atom stereocenters. The highest BCUT2D eigenvalue weighted by Gasteiger charge is 2.06. The van der Waals surface area contributed by atoms with Gasteiger partial charge < -0.3 is 0 Å². The van der Waals surface area contributed by atoms with Crippen molar-refractivity contribution in [2.24, 2.45) is 0 Å². The third-order valence-electron chi connectivity index (χ3n) is 4.82. The van der Waals surface area contributed by atoms with E-state index in [1.54, 1.807) is 0 Å². The molecule has 0 aliphatic heterocycles. The Labute approximate surface area is 160 Å². The lowest BCUT2D eigenvalue weighted by molar-refractivity contribution is 1.08. The zero-order chi connectivity index (χ0) is 18.6. The monoisotopic (exact) mass is 350 g/mol. The van der Waals surface area contributed by atoms with Gasteiger partial charge in [-0.3, -0.25) is 9.97 Å².